The van der Waals surface area contributed by atoms with Crippen LogP contribution in [0.15, 0.2) is 224 Å². The lowest BCUT2D eigenvalue weighted by Gasteiger charge is -2.08. The van der Waals surface area contributed by atoms with Crippen molar-refractivity contribution in [3.05, 3.63) is 240 Å². The van der Waals surface area contributed by atoms with Crippen molar-refractivity contribution >= 4 is 5.69 Å². The van der Waals surface area contributed by atoms with Gasteiger partial charge in [0.15, 0.2) is 0 Å². The molecule has 0 aliphatic heterocycles. The van der Waals surface area contributed by atoms with Crippen molar-refractivity contribution in [3.8, 4) is 90.5 Å². The van der Waals surface area contributed by atoms with Gasteiger partial charge in [0.2, 0.25) is 0 Å². The van der Waals surface area contributed by atoms with Gasteiger partial charge in [0, 0.05) is 23.8 Å². The fraction of sp³-hybridized carbons (Fsp3) is 0.0179. The van der Waals surface area contributed by atoms with Gasteiger partial charge in [-0.1, -0.05) is 133 Å². The number of ether oxygens (including phenoxy) is 1. The van der Waals surface area contributed by atoms with E-state index in [0.29, 0.717) is 17.1 Å². The van der Waals surface area contributed by atoms with Crippen molar-refractivity contribution in [2.24, 2.45) is 0 Å². The van der Waals surface area contributed by atoms with E-state index in [1.165, 1.54) is 23.3 Å². The summed E-state index contributed by atoms with van der Waals surface area (Å²) in [4.78, 5) is 10.0. The third-order valence-corrected chi connectivity index (χ3v) is 9.96. The molecule has 4 N–H and O–H groups in total. The third-order valence-electron chi connectivity index (χ3n) is 9.96. The van der Waals surface area contributed by atoms with Gasteiger partial charge in [-0.15, -0.1) is 0 Å². The molecule has 0 saturated carbocycles. The van der Waals surface area contributed by atoms with Gasteiger partial charge in [-0.25, -0.2) is 0 Å². The summed E-state index contributed by atoms with van der Waals surface area (Å²) in [6.45, 7) is 0. The summed E-state index contributed by atoms with van der Waals surface area (Å²) in [7, 11) is 1.60. The Morgan fingerprint density at radius 1 is 0.415 bits per heavy atom. The fourth-order valence-electron chi connectivity index (χ4n) is 6.50. The summed E-state index contributed by atoms with van der Waals surface area (Å²) < 4.78 is 5.22. The number of benzene rings is 9. The Labute approximate surface area is 377 Å². The molecule has 9 heteroatoms. The monoisotopic (exact) mass is 856 g/mol. The summed E-state index contributed by atoms with van der Waals surface area (Å²) >= 11 is 0. The van der Waals surface area contributed by atoms with Crippen molar-refractivity contribution in [2.45, 2.75) is 0 Å². The predicted octanol–water partition coefficient (Wildman–Crippen LogP) is 13.7. The topological polar surface area (TPSA) is 157 Å². The highest BCUT2D eigenvalue weighted by Crippen LogP contribution is 2.33. The molecule has 65 heavy (non-hydrogen) atoms. The molecule has 320 valence electrons. The SMILES string of the molecule is COc1cc(O)ccc1-c1ccccc1.N#Cc1ccc(-c2ccc(O)cc2)cc1.O=[N+]([O-])c1ccc(-c2ccc(O)cc2)cc1.Oc1ccc(-c2ccc(-c3ccccc3)cc2)cc1. The number of phenolic OH excluding ortho intramolecular Hbond substituents is 4. The van der Waals surface area contributed by atoms with E-state index in [-0.39, 0.29) is 22.9 Å². The van der Waals surface area contributed by atoms with Gasteiger partial charge in [0.1, 0.15) is 28.7 Å². The average molecular weight is 857 g/mol. The quantitative estimate of drug-likeness (QED) is 0.0911. The Morgan fingerprint density at radius 3 is 1.08 bits per heavy atom. The van der Waals surface area contributed by atoms with E-state index in [0.717, 1.165) is 44.5 Å². The first-order valence-electron chi connectivity index (χ1n) is 20.3. The molecule has 0 bridgehead atoms. The van der Waals surface area contributed by atoms with Gasteiger partial charge in [0.25, 0.3) is 5.69 Å². The molecule has 0 heterocycles. The highest BCUT2D eigenvalue weighted by atomic mass is 16.6. The van der Waals surface area contributed by atoms with E-state index in [4.69, 9.17) is 20.2 Å². The van der Waals surface area contributed by atoms with Crippen LogP contribution in [0, 0.1) is 21.4 Å². The van der Waals surface area contributed by atoms with Gasteiger partial charge in [-0.2, -0.15) is 5.26 Å². The van der Waals surface area contributed by atoms with Crippen LogP contribution in [0.25, 0.3) is 55.6 Å². The van der Waals surface area contributed by atoms with E-state index in [2.05, 4.69) is 42.5 Å². The summed E-state index contributed by atoms with van der Waals surface area (Å²) in [5.41, 5.74) is 11.3. The first kappa shape index (κ1) is 45.4. The Kier molecular flexibility index (Phi) is 15.8. The van der Waals surface area contributed by atoms with E-state index < -0.39 is 4.92 Å². The summed E-state index contributed by atoms with van der Waals surface area (Å²) in [6.07, 6.45) is 0. The average Bonchev–Trinajstić information content (AvgIpc) is 3.36. The maximum Gasteiger partial charge on any atom is 0.269 e. The van der Waals surface area contributed by atoms with Crippen LogP contribution in [-0.2, 0) is 0 Å². The van der Waals surface area contributed by atoms with Gasteiger partial charge < -0.3 is 25.2 Å². The van der Waals surface area contributed by atoms with Crippen molar-refractivity contribution in [1.82, 2.24) is 0 Å². The first-order chi connectivity index (χ1) is 31.6. The van der Waals surface area contributed by atoms with E-state index in [9.17, 15) is 20.3 Å². The van der Waals surface area contributed by atoms with Crippen LogP contribution < -0.4 is 4.74 Å². The van der Waals surface area contributed by atoms with Crippen LogP contribution in [0.2, 0.25) is 0 Å². The molecule has 0 spiro atoms. The Morgan fingerprint density at radius 2 is 0.723 bits per heavy atom. The van der Waals surface area contributed by atoms with Gasteiger partial charge in [0.05, 0.1) is 23.7 Å². The molecule has 0 amide bonds. The minimum Gasteiger partial charge on any atom is -0.508 e. The van der Waals surface area contributed by atoms with E-state index in [1.807, 2.05) is 91.0 Å². The smallest absolute Gasteiger partial charge is 0.269 e. The number of nitrogens with zero attached hydrogens (tertiary/aromatic N) is 2. The number of hydrogen-bond acceptors (Lipinski definition) is 8. The molecular weight excluding hydrogens is 813 g/mol. The zero-order valence-corrected chi connectivity index (χ0v) is 35.3. The second kappa shape index (κ2) is 22.6. The molecule has 9 aromatic carbocycles. The molecule has 9 rings (SSSR count). The van der Waals surface area contributed by atoms with Gasteiger partial charge in [-0.3, -0.25) is 10.1 Å². The van der Waals surface area contributed by atoms with E-state index in [1.54, 1.807) is 92.0 Å². The molecule has 0 aliphatic carbocycles. The number of nitriles is 1. The number of rotatable bonds is 7. The van der Waals surface area contributed by atoms with Crippen molar-refractivity contribution in [2.75, 3.05) is 7.11 Å². The molecule has 0 aromatic heterocycles. The first-order valence-corrected chi connectivity index (χ1v) is 20.3. The highest BCUT2D eigenvalue weighted by molar-refractivity contribution is 5.72. The van der Waals surface area contributed by atoms with Crippen LogP contribution in [0.5, 0.6) is 28.7 Å². The minimum atomic E-state index is -0.430. The largest absolute Gasteiger partial charge is 0.508 e. The lowest BCUT2D eigenvalue weighted by Crippen LogP contribution is -1.87. The number of methoxy groups -OCH3 is 1. The normalized spacial score (nSPS) is 9.97. The number of nitro groups is 1. The maximum absolute atomic E-state index is 10.5. The third kappa shape index (κ3) is 13.2. The Balaban J connectivity index is 0.000000144. The van der Waals surface area contributed by atoms with Crippen LogP contribution in [0.4, 0.5) is 5.69 Å². The standard InChI is InChI=1S/C18H14O.C13H9NO.C13H12O2.C12H9NO3/c19-18-12-10-17(11-13-18)16-8-6-15(7-9-16)14-4-2-1-3-5-14;14-9-10-1-3-11(4-2-10)12-5-7-13(15)8-6-12;1-15-13-9-11(14)7-8-12(13)10-5-3-2-4-6-10;14-12-7-3-10(4-8-12)9-1-5-11(6-2-9)13(15)16/h1-13,19H;1-8,15H;2-9,14H,1H3;1-8,14H. The van der Waals surface area contributed by atoms with Crippen LogP contribution in [-0.4, -0.2) is 32.5 Å². The molecule has 9 nitrogen and oxygen atoms in total. The van der Waals surface area contributed by atoms with Gasteiger partial charge in [-0.05, 0) is 123 Å². The van der Waals surface area contributed by atoms with Crippen LogP contribution in [0.1, 0.15) is 5.56 Å². The Hall–Kier alpha value is -9.13. The maximum atomic E-state index is 10.5. The number of aromatic hydroxyl groups is 4. The fourth-order valence-corrected chi connectivity index (χ4v) is 6.50. The van der Waals surface area contributed by atoms with Gasteiger partial charge >= 0.3 is 0 Å². The van der Waals surface area contributed by atoms with Crippen LogP contribution >= 0.6 is 0 Å². The summed E-state index contributed by atoms with van der Waals surface area (Å²) in [6, 6.07) is 70.5. The predicted molar refractivity (Wildman–Crippen MR) is 258 cm³/mol. The molecule has 0 unspecified atom stereocenters. The molecule has 0 saturated heterocycles. The lowest BCUT2D eigenvalue weighted by atomic mass is 10.0. The lowest BCUT2D eigenvalue weighted by molar-refractivity contribution is -0.384. The molecular formula is C56H44N2O7. The molecule has 9 aromatic rings. The minimum absolute atomic E-state index is 0.0718. The summed E-state index contributed by atoms with van der Waals surface area (Å²) in [5.74, 6) is 1.65. The summed E-state index contributed by atoms with van der Waals surface area (Å²) in [5, 5.41) is 56.0. The zero-order valence-electron chi connectivity index (χ0n) is 35.3. The number of hydrogen-bond donors (Lipinski definition) is 4. The van der Waals surface area contributed by atoms with Crippen LogP contribution in [0.3, 0.4) is 0 Å². The number of phenols is 4. The second-order valence-corrected chi connectivity index (χ2v) is 14.3. The second-order valence-electron chi connectivity index (χ2n) is 14.3. The number of non-ortho nitro benzene ring substituents is 1. The molecule has 0 radical (unpaired) electrons. The zero-order chi connectivity index (χ0) is 46.0. The van der Waals surface area contributed by atoms with E-state index >= 15 is 0 Å². The van der Waals surface area contributed by atoms with Crippen molar-refractivity contribution in [1.29, 1.82) is 5.26 Å². The Bertz CT molecular complexity index is 2920. The van der Waals surface area contributed by atoms with Crippen molar-refractivity contribution < 1.29 is 30.1 Å². The highest BCUT2D eigenvalue weighted by Gasteiger charge is 2.07. The molecule has 0 atom stereocenters. The molecule has 0 aliphatic rings. The molecule has 0 fully saturated rings. The van der Waals surface area contributed by atoms with Crippen molar-refractivity contribution in [3.63, 3.8) is 0 Å². The number of nitro benzene ring substituents is 1.